The summed E-state index contributed by atoms with van der Waals surface area (Å²) < 4.78 is 0. The lowest BCUT2D eigenvalue weighted by Gasteiger charge is -2.28. The molecule has 0 fully saturated rings. The topological polar surface area (TPSA) is 16.1 Å². The molecule has 0 unspecified atom stereocenters. The minimum atomic E-state index is 0.738. The second-order valence-electron chi connectivity index (χ2n) is 8.79. The van der Waals surface area contributed by atoms with Crippen molar-refractivity contribution in [2.45, 2.75) is 32.4 Å². The van der Waals surface area contributed by atoms with Crippen LogP contribution in [-0.4, -0.2) is 16.4 Å². The minimum Gasteiger partial charge on any atom is -0.294 e. The molecule has 3 aromatic carbocycles. The van der Waals surface area contributed by atoms with Gasteiger partial charge in [-0.1, -0.05) is 84.3 Å². The maximum absolute atomic E-state index is 5.97. The van der Waals surface area contributed by atoms with Crippen molar-refractivity contribution in [1.29, 1.82) is 0 Å². The van der Waals surface area contributed by atoms with E-state index in [1.54, 1.807) is 0 Å². The van der Waals surface area contributed by atoms with Gasteiger partial charge in [0.25, 0.3) is 0 Å². The molecule has 1 aromatic heterocycles. The average molecular weight is 463 g/mol. The molecule has 2 heterocycles. The fraction of sp³-hybridized carbons (Fsp3) is 0.194. The van der Waals surface area contributed by atoms with Gasteiger partial charge < -0.3 is 0 Å². The lowest BCUT2D eigenvalue weighted by Crippen LogP contribution is -2.29. The van der Waals surface area contributed by atoms with E-state index in [9.17, 15) is 0 Å². The van der Waals surface area contributed by atoms with Crippen molar-refractivity contribution in [2.24, 2.45) is 0 Å². The van der Waals surface area contributed by atoms with E-state index in [-0.39, 0.29) is 0 Å². The number of aryl methyl sites for hydroxylation is 1. The Bertz CT molecular complexity index is 1300. The Labute approximate surface area is 207 Å². The first-order chi connectivity index (χ1) is 16.7. The zero-order valence-corrected chi connectivity index (χ0v) is 19.9. The largest absolute Gasteiger partial charge is 0.294 e. The Morgan fingerprint density at radius 2 is 1.53 bits per heavy atom. The number of hydrogen-bond donors (Lipinski definition) is 0. The molecule has 0 N–H and O–H groups in total. The molecule has 0 aliphatic carbocycles. The Morgan fingerprint density at radius 3 is 2.29 bits per heavy atom. The summed E-state index contributed by atoms with van der Waals surface area (Å²) >= 11 is 5.97. The van der Waals surface area contributed by atoms with Crippen molar-refractivity contribution in [3.63, 3.8) is 0 Å². The van der Waals surface area contributed by atoms with E-state index < -0.39 is 0 Å². The van der Waals surface area contributed by atoms with Crippen LogP contribution in [0.1, 0.15) is 34.4 Å². The van der Waals surface area contributed by atoms with Gasteiger partial charge in [-0.25, -0.2) is 4.98 Å². The number of fused-ring (bicyclic) bond motifs is 1. The van der Waals surface area contributed by atoms with Crippen LogP contribution >= 0.6 is 11.6 Å². The van der Waals surface area contributed by atoms with Gasteiger partial charge in [-0.05, 0) is 64.8 Å². The predicted octanol–water partition coefficient (Wildman–Crippen LogP) is 6.94. The third-order valence-corrected chi connectivity index (χ3v) is 6.59. The predicted molar refractivity (Wildman–Crippen MR) is 141 cm³/mol. The molecule has 0 spiro atoms. The molecule has 0 atom stereocenters. The Kier molecular flexibility index (Phi) is 7.05. The van der Waals surface area contributed by atoms with Crippen molar-refractivity contribution < 1.29 is 0 Å². The number of nitrogens with zero attached hydrogens (tertiary/aromatic N) is 2. The van der Waals surface area contributed by atoms with Crippen LogP contribution in [0.3, 0.4) is 0 Å². The van der Waals surface area contributed by atoms with Gasteiger partial charge in [0, 0.05) is 42.8 Å². The van der Waals surface area contributed by atoms with Gasteiger partial charge in [-0.2, -0.15) is 0 Å². The van der Waals surface area contributed by atoms with Crippen molar-refractivity contribution in [2.75, 3.05) is 6.54 Å². The maximum atomic E-state index is 5.97. The van der Waals surface area contributed by atoms with E-state index in [1.165, 1.54) is 22.3 Å². The standard InChI is InChI=1S/C31H27ClN2/c32-30-16-13-27(14-17-30)28-15-18-31(33-21-28)8-4-1-5-24-9-11-25(12-10-24)22-34-20-19-26-6-2-3-7-29(26)23-34/h2-3,6-7,9-18,21H,1,5,19-20,22-23H2. The van der Waals surface area contributed by atoms with E-state index in [4.69, 9.17) is 11.6 Å². The van der Waals surface area contributed by atoms with Crippen molar-refractivity contribution in [3.8, 4) is 23.0 Å². The zero-order valence-electron chi connectivity index (χ0n) is 19.2. The first kappa shape index (κ1) is 22.4. The number of hydrogen-bond acceptors (Lipinski definition) is 2. The maximum Gasteiger partial charge on any atom is 0.113 e. The molecular formula is C31H27ClN2. The summed E-state index contributed by atoms with van der Waals surface area (Å²) in [5.41, 5.74) is 8.64. The van der Waals surface area contributed by atoms with Gasteiger partial charge in [0.05, 0.1) is 0 Å². The highest BCUT2D eigenvalue weighted by Gasteiger charge is 2.15. The summed E-state index contributed by atoms with van der Waals surface area (Å²) in [6, 6.07) is 29.6. The van der Waals surface area contributed by atoms with Gasteiger partial charge in [0.2, 0.25) is 0 Å². The molecule has 0 radical (unpaired) electrons. The number of halogens is 1. The van der Waals surface area contributed by atoms with E-state index in [2.05, 4.69) is 76.3 Å². The van der Waals surface area contributed by atoms with Gasteiger partial charge in [-0.3, -0.25) is 4.90 Å². The first-order valence-electron chi connectivity index (χ1n) is 11.8. The Balaban J connectivity index is 1.11. The third kappa shape index (κ3) is 5.75. The smallest absolute Gasteiger partial charge is 0.113 e. The molecule has 1 aliphatic rings. The molecule has 34 heavy (non-hydrogen) atoms. The quantitative estimate of drug-likeness (QED) is 0.298. The molecule has 0 bridgehead atoms. The Hall–Kier alpha value is -3.38. The number of rotatable bonds is 5. The average Bonchev–Trinajstić information content (AvgIpc) is 2.88. The highest BCUT2D eigenvalue weighted by atomic mass is 35.5. The highest BCUT2D eigenvalue weighted by Crippen LogP contribution is 2.22. The fourth-order valence-electron chi connectivity index (χ4n) is 4.40. The molecule has 2 nitrogen and oxygen atoms in total. The molecule has 0 saturated heterocycles. The molecule has 0 amide bonds. The van der Waals surface area contributed by atoms with Crippen molar-refractivity contribution in [1.82, 2.24) is 9.88 Å². The molecule has 0 saturated carbocycles. The summed E-state index contributed by atoms with van der Waals surface area (Å²) in [5.74, 6) is 6.46. The van der Waals surface area contributed by atoms with E-state index >= 15 is 0 Å². The van der Waals surface area contributed by atoms with Crippen LogP contribution in [0.4, 0.5) is 0 Å². The number of aromatic nitrogens is 1. The van der Waals surface area contributed by atoms with Gasteiger partial charge in [0.15, 0.2) is 0 Å². The number of pyridine rings is 1. The second kappa shape index (κ2) is 10.7. The minimum absolute atomic E-state index is 0.738. The first-order valence-corrected chi connectivity index (χ1v) is 12.2. The summed E-state index contributed by atoms with van der Waals surface area (Å²) in [6.07, 6.45) is 4.79. The molecule has 4 aromatic rings. The van der Waals surface area contributed by atoms with Gasteiger partial charge in [-0.15, -0.1) is 0 Å². The van der Waals surface area contributed by atoms with Crippen LogP contribution in [-0.2, 0) is 25.9 Å². The highest BCUT2D eigenvalue weighted by molar-refractivity contribution is 6.30. The van der Waals surface area contributed by atoms with Crippen LogP contribution in [0.25, 0.3) is 11.1 Å². The monoisotopic (exact) mass is 462 g/mol. The van der Waals surface area contributed by atoms with Crippen LogP contribution < -0.4 is 0 Å². The SMILES string of the molecule is Clc1ccc(-c2ccc(C#CCCc3ccc(CN4CCc5ccccc5C4)cc3)nc2)cc1. The van der Waals surface area contributed by atoms with Crippen molar-refractivity contribution in [3.05, 3.63) is 124 Å². The van der Waals surface area contributed by atoms with E-state index in [0.717, 1.165) is 60.7 Å². The fourth-order valence-corrected chi connectivity index (χ4v) is 4.53. The normalized spacial score (nSPS) is 13.1. The third-order valence-electron chi connectivity index (χ3n) is 6.34. The lowest BCUT2D eigenvalue weighted by molar-refractivity contribution is 0.245. The number of benzene rings is 3. The van der Waals surface area contributed by atoms with E-state index in [1.807, 2.05) is 36.5 Å². The van der Waals surface area contributed by atoms with Crippen LogP contribution in [0, 0.1) is 11.8 Å². The Morgan fingerprint density at radius 1 is 0.794 bits per heavy atom. The molecule has 5 rings (SSSR count). The van der Waals surface area contributed by atoms with Crippen LogP contribution in [0.15, 0.2) is 91.1 Å². The molecular weight excluding hydrogens is 436 g/mol. The summed E-state index contributed by atoms with van der Waals surface area (Å²) in [5, 5.41) is 0.738. The summed E-state index contributed by atoms with van der Waals surface area (Å²) in [4.78, 5) is 7.03. The second-order valence-corrected chi connectivity index (χ2v) is 9.22. The molecule has 1 aliphatic heterocycles. The van der Waals surface area contributed by atoms with Crippen LogP contribution in [0.2, 0.25) is 5.02 Å². The summed E-state index contributed by atoms with van der Waals surface area (Å²) in [6.45, 7) is 3.18. The van der Waals surface area contributed by atoms with Crippen LogP contribution in [0.5, 0.6) is 0 Å². The molecule has 3 heteroatoms. The lowest BCUT2D eigenvalue weighted by atomic mass is 9.99. The zero-order chi connectivity index (χ0) is 23.2. The van der Waals surface area contributed by atoms with E-state index in [0.29, 0.717) is 0 Å². The molecule has 168 valence electrons. The van der Waals surface area contributed by atoms with Crippen molar-refractivity contribution >= 4 is 11.6 Å². The van der Waals surface area contributed by atoms with Gasteiger partial charge in [0.1, 0.15) is 5.69 Å². The van der Waals surface area contributed by atoms with Gasteiger partial charge >= 0.3 is 0 Å². The summed E-state index contributed by atoms with van der Waals surface area (Å²) in [7, 11) is 0.